The zero-order chi connectivity index (χ0) is 23.6. The van der Waals surface area contributed by atoms with Crippen molar-refractivity contribution in [2.24, 2.45) is 11.8 Å². The minimum absolute atomic E-state index is 0.0816. The molecule has 10 nitrogen and oxygen atoms in total. The molecule has 2 aliphatic rings. The van der Waals surface area contributed by atoms with Crippen molar-refractivity contribution in [1.29, 1.82) is 0 Å². The van der Waals surface area contributed by atoms with E-state index in [2.05, 4.69) is 20.9 Å². The van der Waals surface area contributed by atoms with Gasteiger partial charge in [-0.2, -0.15) is 0 Å². The predicted octanol–water partition coefficient (Wildman–Crippen LogP) is 0.399. The summed E-state index contributed by atoms with van der Waals surface area (Å²) in [6.45, 7) is 2.76. The summed E-state index contributed by atoms with van der Waals surface area (Å²) in [7, 11) is 0. The number of carbonyl (C=O) groups is 4. The lowest BCUT2D eigenvalue weighted by Gasteiger charge is -2.33. The van der Waals surface area contributed by atoms with Gasteiger partial charge in [-0.25, -0.2) is 4.79 Å². The van der Waals surface area contributed by atoms with Gasteiger partial charge in [0.15, 0.2) is 0 Å². The van der Waals surface area contributed by atoms with Gasteiger partial charge in [0.25, 0.3) is 5.91 Å². The molecule has 3 rings (SSSR count). The maximum absolute atomic E-state index is 12.7. The van der Waals surface area contributed by atoms with Gasteiger partial charge >= 0.3 is 5.97 Å². The summed E-state index contributed by atoms with van der Waals surface area (Å²) in [4.78, 5) is 54.7. The second-order valence-corrected chi connectivity index (χ2v) is 8.76. The average Bonchev–Trinajstić information content (AvgIpc) is 2.85. The number of rotatable bonds is 9. The number of aliphatic carboxylic acids is 1. The van der Waals surface area contributed by atoms with Crippen LogP contribution < -0.4 is 16.0 Å². The van der Waals surface area contributed by atoms with E-state index in [9.17, 15) is 24.3 Å². The zero-order valence-electron chi connectivity index (χ0n) is 18.8. The quantitative estimate of drug-likeness (QED) is 0.419. The molecule has 2 unspecified atom stereocenters. The van der Waals surface area contributed by atoms with Crippen LogP contribution in [0.1, 0.15) is 48.9 Å². The molecule has 0 radical (unpaired) electrons. The van der Waals surface area contributed by atoms with Crippen molar-refractivity contribution in [3.05, 3.63) is 30.1 Å². The molecule has 0 saturated carbocycles. The number of likely N-dealkylation sites (tertiary alicyclic amines) is 1. The van der Waals surface area contributed by atoms with E-state index in [-0.39, 0.29) is 29.8 Å². The summed E-state index contributed by atoms with van der Waals surface area (Å²) >= 11 is 0. The van der Waals surface area contributed by atoms with E-state index in [4.69, 9.17) is 0 Å². The second kappa shape index (κ2) is 12.3. The lowest BCUT2D eigenvalue weighted by atomic mass is 9.92. The largest absolute Gasteiger partial charge is 0.480 e. The Morgan fingerprint density at radius 1 is 1.21 bits per heavy atom. The molecule has 0 bridgehead atoms. The number of pyridine rings is 1. The van der Waals surface area contributed by atoms with Crippen molar-refractivity contribution in [3.8, 4) is 0 Å². The highest BCUT2D eigenvalue weighted by molar-refractivity contribution is 5.96. The van der Waals surface area contributed by atoms with E-state index < -0.39 is 17.9 Å². The van der Waals surface area contributed by atoms with Crippen LogP contribution in [-0.4, -0.2) is 77.4 Å². The van der Waals surface area contributed by atoms with E-state index in [1.165, 1.54) is 18.5 Å². The molecule has 10 heteroatoms. The zero-order valence-corrected chi connectivity index (χ0v) is 18.8. The van der Waals surface area contributed by atoms with E-state index in [0.717, 1.165) is 38.8 Å². The molecule has 4 N–H and O–H groups in total. The lowest BCUT2D eigenvalue weighted by Crippen LogP contribution is -2.51. The van der Waals surface area contributed by atoms with Gasteiger partial charge in [0.05, 0.1) is 11.5 Å². The molecule has 0 aromatic carbocycles. The number of aromatic nitrogens is 1. The Balaban J connectivity index is 1.45. The molecule has 1 aromatic heterocycles. The molecular weight excluding hydrogens is 426 g/mol. The Kier molecular flexibility index (Phi) is 9.17. The maximum atomic E-state index is 12.7. The summed E-state index contributed by atoms with van der Waals surface area (Å²) in [6, 6.07) is 1.83. The van der Waals surface area contributed by atoms with Crippen molar-refractivity contribution < 1.29 is 24.3 Å². The first-order chi connectivity index (χ1) is 15.9. The molecule has 2 saturated heterocycles. The smallest absolute Gasteiger partial charge is 0.328 e. The minimum Gasteiger partial charge on any atom is -0.480 e. The van der Waals surface area contributed by atoms with E-state index in [1.54, 1.807) is 11.0 Å². The van der Waals surface area contributed by atoms with Crippen LogP contribution in [0.25, 0.3) is 0 Å². The van der Waals surface area contributed by atoms with Gasteiger partial charge in [0, 0.05) is 38.4 Å². The lowest BCUT2D eigenvalue weighted by molar-refractivity contribution is -0.139. The van der Waals surface area contributed by atoms with Gasteiger partial charge in [0.1, 0.15) is 6.04 Å². The standard InChI is InChI=1S/C23H33N5O5/c29-20(6-5-16-7-10-24-11-8-16)28-12-2-4-18(15-28)21(30)26-14-19(23(32)33)27-22(31)17-3-1-9-25-13-17/h1,3,9,13,16,18-19,24H,2,4-8,10-12,14-15H2,(H,26,30)(H,27,31)(H,32,33). The summed E-state index contributed by atoms with van der Waals surface area (Å²) in [6.07, 6.45) is 7.80. The summed E-state index contributed by atoms with van der Waals surface area (Å²) in [5.41, 5.74) is 0.237. The summed E-state index contributed by atoms with van der Waals surface area (Å²) in [5, 5.41) is 17.8. The first kappa shape index (κ1) is 24.6. The highest BCUT2D eigenvalue weighted by atomic mass is 16.4. The van der Waals surface area contributed by atoms with Crippen molar-refractivity contribution in [3.63, 3.8) is 0 Å². The van der Waals surface area contributed by atoms with E-state index in [1.807, 2.05) is 0 Å². The number of hydrogen-bond acceptors (Lipinski definition) is 6. The third kappa shape index (κ3) is 7.52. The Morgan fingerprint density at radius 3 is 2.70 bits per heavy atom. The number of nitrogens with one attached hydrogen (secondary N) is 3. The highest BCUT2D eigenvalue weighted by Crippen LogP contribution is 2.21. The third-order valence-corrected chi connectivity index (χ3v) is 6.38. The van der Waals surface area contributed by atoms with Gasteiger partial charge in [-0.1, -0.05) is 0 Å². The molecule has 2 aliphatic heterocycles. The fraction of sp³-hybridized carbons (Fsp3) is 0.609. The number of amides is 3. The molecule has 180 valence electrons. The Labute approximate surface area is 193 Å². The number of hydrogen-bond donors (Lipinski definition) is 4. The highest BCUT2D eigenvalue weighted by Gasteiger charge is 2.30. The Hall–Kier alpha value is -3.01. The van der Waals surface area contributed by atoms with Gasteiger partial charge in [-0.3, -0.25) is 19.4 Å². The van der Waals surface area contributed by atoms with Gasteiger partial charge < -0.3 is 26.0 Å². The van der Waals surface area contributed by atoms with Crippen molar-refractivity contribution in [2.75, 3.05) is 32.7 Å². The van der Waals surface area contributed by atoms with Crippen LogP contribution >= 0.6 is 0 Å². The maximum Gasteiger partial charge on any atom is 0.328 e. The summed E-state index contributed by atoms with van der Waals surface area (Å²) in [5.74, 6) is -1.84. The molecule has 0 aliphatic carbocycles. The second-order valence-electron chi connectivity index (χ2n) is 8.76. The number of piperidine rings is 2. The number of carboxylic acid groups (broad SMARTS) is 1. The topological polar surface area (TPSA) is 141 Å². The molecule has 1 aromatic rings. The SMILES string of the molecule is O=C(NC(CNC(=O)C1CCCN(C(=O)CCC2CCNCC2)C1)C(=O)O)c1cccnc1. The van der Waals surface area contributed by atoms with Crippen LogP contribution in [-0.2, 0) is 14.4 Å². The number of nitrogens with zero attached hydrogens (tertiary/aromatic N) is 2. The van der Waals surface area contributed by atoms with Crippen molar-refractivity contribution in [2.45, 2.75) is 44.6 Å². The molecular formula is C23H33N5O5. The monoisotopic (exact) mass is 459 g/mol. The van der Waals surface area contributed by atoms with Crippen LogP contribution in [0.5, 0.6) is 0 Å². The van der Waals surface area contributed by atoms with Crippen LogP contribution in [0.3, 0.4) is 0 Å². The fourth-order valence-electron chi connectivity index (χ4n) is 4.36. The van der Waals surface area contributed by atoms with Crippen LogP contribution in [0, 0.1) is 11.8 Å². The Morgan fingerprint density at radius 2 is 2.00 bits per heavy atom. The van der Waals surface area contributed by atoms with Gasteiger partial charge in [-0.15, -0.1) is 0 Å². The molecule has 3 amide bonds. The molecule has 3 heterocycles. The average molecular weight is 460 g/mol. The Bertz CT molecular complexity index is 828. The molecule has 0 spiro atoms. The number of carboxylic acids is 1. The third-order valence-electron chi connectivity index (χ3n) is 6.38. The summed E-state index contributed by atoms with van der Waals surface area (Å²) < 4.78 is 0. The van der Waals surface area contributed by atoms with E-state index in [0.29, 0.717) is 31.8 Å². The number of carbonyl (C=O) groups excluding carboxylic acids is 3. The van der Waals surface area contributed by atoms with Crippen LogP contribution in [0.4, 0.5) is 0 Å². The van der Waals surface area contributed by atoms with Crippen molar-refractivity contribution >= 4 is 23.7 Å². The molecule has 2 atom stereocenters. The van der Waals surface area contributed by atoms with Crippen molar-refractivity contribution in [1.82, 2.24) is 25.8 Å². The molecule has 2 fully saturated rings. The van der Waals surface area contributed by atoms with Gasteiger partial charge in [0.2, 0.25) is 11.8 Å². The van der Waals surface area contributed by atoms with Gasteiger partial charge in [-0.05, 0) is 63.2 Å². The predicted molar refractivity (Wildman–Crippen MR) is 120 cm³/mol. The van der Waals surface area contributed by atoms with Crippen LogP contribution in [0.2, 0.25) is 0 Å². The molecule has 33 heavy (non-hydrogen) atoms. The normalized spacial score (nSPS) is 20.0. The first-order valence-corrected chi connectivity index (χ1v) is 11.6. The first-order valence-electron chi connectivity index (χ1n) is 11.6. The van der Waals surface area contributed by atoms with Crippen LogP contribution in [0.15, 0.2) is 24.5 Å². The minimum atomic E-state index is -1.27. The van der Waals surface area contributed by atoms with E-state index >= 15 is 0 Å². The fourth-order valence-corrected chi connectivity index (χ4v) is 4.36.